The van der Waals surface area contributed by atoms with Gasteiger partial charge in [-0.2, -0.15) is 0 Å². The minimum Gasteiger partial charge on any atom is -0.478 e. The Bertz CT molecular complexity index is 180. The van der Waals surface area contributed by atoms with Crippen molar-refractivity contribution in [2.75, 3.05) is 0 Å². The summed E-state index contributed by atoms with van der Waals surface area (Å²) in [5, 5.41) is 8.51. The van der Waals surface area contributed by atoms with Crippen LogP contribution in [0.4, 0.5) is 0 Å². The molecule has 0 fully saturated rings. The normalized spacial score (nSPS) is 11.2. The summed E-state index contributed by atoms with van der Waals surface area (Å²) in [6.07, 6.45) is 6.68. The molecule has 0 aliphatic heterocycles. The molecule has 0 aromatic rings. The molecule has 0 bridgehead atoms. The maximum Gasteiger partial charge on any atom is 0.328 e. The van der Waals surface area contributed by atoms with Gasteiger partial charge < -0.3 is 5.11 Å². The summed E-state index contributed by atoms with van der Waals surface area (Å²) in [6.45, 7) is 5.64. The molecular weight excluding hydrogens is 152 g/mol. The van der Waals surface area contributed by atoms with Gasteiger partial charge in [-0.15, -0.1) is 6.58 Å². The van der Waals surface area contributed by atoms with Crippen LogP contribution in [0.25, 0.3) is 0 Å². The molecule has 0 aliphatic rings. The van der Waals surface area contributed by atoms with E-state index >= 15 is 0 Å². The fourth-order valence-electron chi connectivity index (χ4n) is 1.05. The summed E-state index contributed by atoms with van der Waals surface area (Å²) in [4.78, 5) is 10.3. The van der Waals surface area contributed by atoms with Gasteiger partial charge in [0.25, 0.3) is 0 Å². The Labute approximate surface area is 73.6 Å². The van der Waals surface area contributed by atoms with Crippen LogP contribution in [0.3, 0.4) is 0 Å². The number of carbonyl (C=O) groups is 1. The van der Waals surface area contributed by atoms with Crippen LogP contribution < -0.4 is 0 Å². The zero-order chi connectivity index (χ0) is 9.40. The summed E-state index contributed by atoms with van der Waals surface area (Å²) in [5.41, 5.74) is 1.00. The topological polar surface area (TPSA) is 37.3 Å². The Morgan fingerprint density at radius 3 is 2.58 bits per heavy atom. The van der Waals surface area contributed by atoms with E-state index in [-0.39, 0.29) is 0 Å². The number of rotatable bonds is 6. The van der Waals surface area contributed by atoms with E-state index < -0.39 is 5.97 Å². The quantitative estimate of drug-likeness (QED) is 0.489. The van der Waals surface area contributed by atoms with E-state index in [1.165, 1.54) is 6.08 Å². The van der Waals surface area contributed by atoms with E-state index in [9.17, 15) is 4.79 Å². The number of carboxylic acids is 1. The van der Waals surface area contributed by atoms with Crippen LogP contribution in [0.1, 0.15) is 32.6 Å². The second kappa shape index (κ2) is 6.65. The highest BCUT2D eigenvalue weighted by atomic mass is 16.4. The van der Waals surface area contributed by atoms with Crippen LogP contribution in [0, 0.1) is 0 Å². The van der Waals surface area contributed by atoms with E-state index in [4.69, 9.17) is 5.11 Å². The zero-order valence-corrected chi connectivity index (χ0v) is 7.55. The minimum atomic E-state index is -0.845. The third-order valence-electron chi connectivity index (χ3n) is 1.57. The van der Waals surface area contributed by atoms with Crippen LogP contribution >= 0.6 is 0 Å². The van der Waals surface area contributed by atoms with Crippen molar-refractivity contribution < 1.29 is 9.90 Å². The third-order valence-corrected chi connectivity index (χ3v) is 1.57. The molecular formula is C10H16O2. The Morgan fingerprint density at radius 2 is 2.17 bits per heavy atom. The number of hydrogen-bond acceptors (Lipinski definition) is 1. The van der Waals surface area contributed by atoms with Gasteiger partial charge in [0.15, 0.2) is 0 Å². The summed E-state index contributed by atoms with van der Waals surface area (Å²) >= 11 is 0. The number of carboxylic acid groups (broad SMARTS) is 1. The first kappa shape index (κ1) is 11.0. The molecule has 0 amide bonds. The SMILES string of the molecule is C=CCCC(=CC(=O)O)CCC. The van der Waals surface area contributed by atoms with Crippen LogP contribution in [0.2, 0.25) is 0 Å². The van der Waals surface area contributed by atoms with Crippen LogP contribution in [-0.4, -0.2) is 11.1 Å². The van der Waals surface area contributed by atoms with Crippen molar-refractivity contribution in [1.29, 1.82) is 0 Å². The molecule has 12 heavy (non-hydrogen) atoms. The smallest absolute Gasteiger partial charge is 0.328 e. The molecule has 68 valence electrons. The monoisotopic (exact) mass is 168 g/mol. The van der Waals surface area contributed by atoms with Crippen molar-refractivity contribution in [2.45, 2.75) is 32.6 Å². The molecule has 0 unspecified atom stereocenters. The molecule has 1 N–H and O–H groups in total. The Balaban J connectivity index is 4.01. The fourth-order valence-corrected chi connectivity index (χ4v) is 1.05. The van der Waals surface area contributed by atoms with Crippen molar-refractivity contribution in [3.05, 3.63) is 24.3 Å². The van der Waals surface area contributed by atoms with Crippen molar-refractivity contribution >= 4 is 5.97 Å². The predicted molar refractivity (Wildman–Crippen MR) is 50.1 cm³/mol. The first-order valence-electron chi connectivity index (χ1n) is 4.24. The van der Waals surface area contributed by atoms with Gasteiger partial charge in [-0.1, -0.05) is 25.0 Å². The van der Waals surface area contributed by atoms with E-state index in [1.54, 1.807) is 0 Å². The van der Waals surface area contributed by atoms with E-state index in [0.29, 0.717) is 0 Å². The van der Waals surface area contributed by atoms with Gasteiger partial charge in [0.1, 0.15) is 0 Å². The van der Waals surface area contributed by atoms with Crippen LogP contribution in [0.15, 0.2) is 24.3 Å². The zero-order valence-electron chi connectivity index (χ0n) is 7.55. The van der Waals surface area contributed by atoms with Crippen molar-refractivity contribution in [3.63, 3.8) is 0 Å². The van der Waals surface area contributed by atoms with Gasteiger partial charge in [0.2, 0.25) is 0 Å². The van der Waals surface area contributed by atoms with Gasteiger partial charge in [0.05, 0.1) is 0 Å². The summed E-state index contributed by atoms with van der Waals surface area (Å²) in [5.74, 6) is -0.845. The number of aliphatic carboxylic acids is 1. The van der Waals surface area contributed by atoms with E-state index in [0.717, 1.165) is 31.3 Å². The van der Waals surface area contributed by atoms with Gasteiger partial charge in [-0.25, -0.2) is 4.79 Å². The van der Waals surface area contributed by atoms with Gasteiger partial charge >= 0.3 is 5.97 Å². The largest absolute Gasteiger partial charge is 0.478 e. The van der Waals surface area contributed by atoms with E-state index in [1.807, 2.05) is 13.0 Å². The average Bonchev–Trinajstić information content (AvgIpc) is 2.00. The molecule has 0 aromatic heterocycles. The molecule has 0 heterocycles. The van der Waals surface area contributed by atoms with Gasteiger partial charge in [-0.05, 0) is 19.3 Å². The molecule has 0 atom stereocenters. The van der Waals surface area contributed by atoms with Crippen molar-refractivity contribution in [2.24, 2.45) is 0 Å². The lowest BCUT2D eigenvalue weighted by molar-refractivity contribution is -0.131. The molecule has 2 heteroatoms. The standard InChI is InChI=1S/C10H16O2/c1-3-5-7-9(6-4-2)8-10(11)12/h3,8H,1,4-7H2,2H3,(H,11,12). The Morgan fingerprint density at radius 1 is 1.50 bits per heavy atom. The van der Waals surface area contributed by atoms with Crippen molar-refractivity contribution in [1.82, 2.24) is 0 Å². The molecule has 0 aliphatic carbocycles. The molecule has 0 radical (unpaired) electrons. The first-order chi connectivity index (χ1) is 5.70. The lowest BCUT2D eigenvalue weighted by Gasteiger charge is -2.01. The molecule has 2 nitrogen and oxygen atoms in total. The average molecular weight is 168 g/mol. The lowest BCUT2D eigenvalue weighted by atomic mass is 10.1. The third kappa shape index (κ3) is 5.71. The maximum absolute atomic E-state index is 10.3. The summed E-state index contributed by atoms with van der Waals surface area (Å²) in [7, 11) is 0. The van der Waals surface area contributed by atoms with Crippen molar-refractivity contribution in [3.8, 4) is 0 Å². The Kier molecular flexibility index (Phi) is 6.07. The fraction of sp³-hybridized carbons (Fsp3) is 0.500. The molecule has 0 spiro atoms. The lowest BCUT2D eigenvalue weighted by Crippen LogP contribution is -1.92. The summed E-state index contributed by atoms with van der Waals surface area (Å²) < 4.78 is 0. The van der Waals surface area contributed by atoms with Gasteiger partial charge in [0, 0.05) is 6.08 Å². The second-order valence-electron chi connectivity index (χ2n) is 2.72. The van der Waals surface area contributed by atoms with E-state index in [2.05, 4.69) is 6.58 Å². The first-order valence-corrected chi connectivity index (χ1v) is 4.24. The molecule has 0 aromatic carbocycles. The highest BCUT2D eigenvalue weighted by Gasteiger charge is 1.98. The minimum absolute atomic E-state index is 0.823. The number of allylic oxidation sites excluding steroid dienone is 2. The summed E-state index contributed by atoms with van der Waals surface area (Å²) in [6, 6.07) is 0. The van der Waals surface area contributed by atoms with Gasteiger partial charge in [-0.3, -0.25) is 0 Å². The predicted octanol–water partition coefficient (Wildman–Crippen LogP) is 2.76. The number of hydrogen-bond donors (Lipinski definition) is 1. The molecule has 0 rings (SSSR count). The highest BCUT2D eigenvalue weighted by molar-refractivity contribution is 5.80. The second-order valence-corrected chi connectivity index (χ2v) is 2.72. The maximum atomic E-state index is 10.3. The van der Waals surface area contributed by atoms with Crippen LogP contribution in [-0.2, 0) is 4.79 Å². The molecule has 0 saturated heterocycles. The Hall–Kier alpha value is -1.05. The van der Waals surface area contributed by atoms with Crippen LogP contribution in [0.5, 0.6) is 0 Å². The molecule has 0 saturated carbocycles. The highest BCUT2D eigenvalue weighted by Crippen LogP contribution is 2.11.